The van der Waals surface area contributed by atoms with Crippen LogP contribution in [-0.2, 0) is 16.1 Å². The lowest BCUT2D eigenvalue weighted by molar-refractivity contribution is -0.125. The number of halogens is 1. The summed E-state index contributed by atoms with van der Waals surface area (Å²) in [6.07, 6.45) is 4.12. The molecule has 31 heavy (non-hydrogen) atoms. The van der Waals surface area contributed by atoms with Gasteiger partial charge in [-0.3, -0.25) is 4.79 Å². The summed E-state index contributed by atoms with van der Waals surface area (Å²) in [6, 6.07) is 12.0. The molecular formula is C24H27ClN2O4. The number of ether oxygens (including phenoxy) is 3. The molecule has 0 radical (unpaired) electrons. The summed E-state index contributed by atoms with van der Waals surface area (Å²) in [7, 11) is 1.80. The molecule has 0 saturated carbocycles. The third-order valence-corrected chi connectivity index (χ3v) is 5.63. The molecule has 0 atom stereocenters. The molecule has 1 fully saturated rings. The average molecular weight is 443 g/mol. The van der Waals surface area contributed by atoms with Gasteiger partial charge in [0.05, 0.1) is 31.5 Å². The number of rotatable bonds is 5. The number of carbonyl (C=O) groups is 1. The van der Waals surface area contributed by atoms with Crippen LogP contribution in [0.2, 0.25) is 5.02 Å². The fourth-order valence-electron chi connectivity index (χ4n) is 3.63. The topological polar surface area (TPSA) is 51.2 Å². The predicted octanol–water partition coefficient (Wildman–Crippen LogP) is 4.01. The van der Waals surface area contributed by atoms with Crippen LogP contribution in [0.4, 0.5) is 5.69 Å². The summed E-state index contributed by atoms with van der Waals surface area (Å²) >= 11 is 6.33. The highest BCUT2D eigenvalue weighted by Gasteiger charge is 2.15. The largest absolute Gasteiger partial charge is 0.489 e. The van der Waals surface area contributed by atoms with E-state index < -0.39 is 0 Å². The first-order valence-corrected chi connectivity index (χ1v) is 10.9. The Bertz CT molecular complexity index is 939. The lowest BCUT2D eigenvalue weighted by Crippen LogP contribution is -2.36. The van der Waals surface area contributed by atoms with Crippen LogP contribution >= 0.6 is 11.6 Å². The van der Waals surface area contributed by atoms with Crippen molar-refractivity contribution in [1.82, 2.24) is 4.90 Å². The van der Waals surface area contributed by atoms with Gasteiger partial charge in [-0.15, -0.1) is 0 Å². The van der Waals surface area contributed by atoms with Crippen LogP contribution in [0.1, 0.15) is 17.5 Å². The van der Waals surface area contributed by atoms with E-state index in [0.717, 1.165) is 43.9 Å². The summed E-state index contributed by atoms with van der Waals surface area (Å²) in [5.41, 5.74) is 3.07. The van der Waals surface area contributed by atoms with Gasteiger partial charge in [-0.1, -0.05) is 23.7 Å². The second kappa shape index (κ2) is 10.1. The Morgan fingerprint density at radius 3 is 2.61 bits per heavy atom. The molecule has 1 amide bonds. The zero-order valence-electron chi connectivity index (χ0n) is 17.7. The number of nitrogens with zero attached hydrogens (tertiary/aromatic N) is 2. The lowest BCUT2D eigenvalue weighted by atomic mass is 10.1. The zero-order chi connectivity index (χ0) is 21.6. The molecule has 164 valence electrons. The minimum atomic E-state index is -0.0829. The molecule has 2 heterocycles. The van der Waals surface area contributed by atoms with E-state index in [1.807, 2.05) is 6.07 Å². The van der Waals surface area contributed by atoms with Crippen LogP contribution in [0.25, 0.3) is 6.08 Å². The van der Waals surface area contributed by atoms with Crippen molar-refractivity contribution in [2.24, 2.45) is 0 Å². The first kappa shape index (κ1) is 21.5. The fraction of sp³-hybridized carbons (Fsp3) is 0.375. The normalized spacial score (nSPS) is 16.3. The van der Waals surface area contributed by atoms with Crippen molar-refractivity contribution in [3.05, 3.63) is 58.6 Å². The van der Waals surface area contributed by atoms with Gasteiger partial charge in [0.25, 0.3) is 0 Å². The van der Waals surface area contributed by atoms with Crippen molar-refractivity contribution < 1.29 is 19.0 Å². The van der Waals surface area contributed by atoms with E-state index in [4.69, 9.17) is 25.8 Å². The number of morpholine rings is 1. The molecular weight excluding hydrogens is 416 g/mol. The Labute approximate surface area is 187 Å². The Kier molecular flexibility index (Phi) is 6.99. The number of benzene rings is 2. The van der Waals surface area contributed by atoms with Crippen molar-refractivity contribution in [2.45, 2.75) is 13.0 Å². The Morgan fingerprint density at radius 1 is 1.10 bits per heavy atom. The number of amides is 1. The minimum Gasteiger partial charge on any atom is -0.489 e. The molecule has 2 aliphatic heterocycles. The van der Waals surface area contributed by atoms with Gasteiger partial charge in [0.2, 0.25) is 5.91 Å². The van der Waals surface area contributed by atoms with Crippen LogP contribution in [0.15, 0.2) is 42.5 Å². The number of likely N-dealkylation sites (N-methyl/N-ethyl adjacent to an activating group) is 1. The Balaban J connectivity index is 1.36. The summed E-state index contributed by atoms with van der Waals surface area (Å²) in [5, 5.41) is 0.486. The summed E-state index contributed by atoms with van der Waals surface area (Å²) < 4.78 is 16.8. The third-order valence-electron chi connectivity index (χ3n) is 5.35. The van der Waals surface area contributed by atoms with E-state index in [-0.39, 0.29) is 5.91 Å². The number of hydrogen-bond donors (Lipinski definition) is 0. The second-order valence-electron chi connectivity index (χ2n) is 7.67. The summed E-state index contributed by atoms with van der Waals surface area (Å²) in [5.74, 6) is 1.10. The van der Waals surface area contributed by atoms with Gasteiger partial charge in [-0.05, 0) is 41.5 Å². The van der Waals surface area contributed by atoms with Crippen molar-refractivity contribution in [2.75, 3.05) is 51.5 Å². The molecule has 0 bridgehead atoms. The van der Waals surface area contributed by atoms with Crippen molar-refractivity contribution in [3.8, 4) is 11.5 Å². The molecule has 2 aromatic carbocycles. The van der Waals surface area contributed by atoms with E-state index >= 15 is 0 Å². The molecule has 0 N–H and O–H groups in total. The van der Waals surface area contributed by atoms with Gasteiger partial charge in [0.15, 0.2) is 11.5 Å². The minimum absolute atomic E-state index is 0.0829. The average Bonchev–Trinajstić information content (AvgIpc) is 3.04. The molecule has 1 saturated heterocycles. The third kappa shape index (κ3) is 5.51. The highest BCUT2D eigenvalue weighted by molar-refractivity contribution is 6.32. The van der Waals surface area contributed by atoms with Gasteiger partial charge in [-0.25, -0.2) is 0 Å². The highest BCUT2D eigenvalue weighted by atomic mass is 35.5. The standard InChI is InChI=1S/C24H27ClN2O4/c1-26(17-18-3-6-20(7-4-18)27-9-13-29-14-10-27)23(28)8-5-19-15-21(25)24-22(16-19)30-11-2-12-31-24/h3-8,15-16H,2,9-14,17H2,1H3/b8-5+. The van der Waals surface area contributed by atoms with Crippen molar-refractivity contribution in [1.29, 1.82) is 0 Å². The lowest BCUT2D eigenvalue weighted by Gasteiger charge is -2.29. The monoisotopic (exact) mass is 442 g/mol. The summed E-state index contributed by atoms with van der Waals surface area (Å²) in [4.78, 5) is 16.6. The van der Waals surface area contributed by atoms with Crippen LogP contribution in [0.3, 0.4) is 0 Å². The van der Waals surface area contributed by atoms with E-state index in [1.165, 1.54) is 5.69 Å². The van der Waals surface area contributed by atoms with Crippen LogP contribution in [-0.4, -0.2) is 57.4 Å². The number of fused-ring (bicyclic) bond motifs is 1. The van der Waals surface area contributed by atoms with Crippen LogP contribution in [0.5, 0.6) is 11.5 Å². The van der Waals surface area contributed by atoms with E-state index in [9.17, 15) is 4.79 Å². The maximum absolute atomic E-state index is 12.6. The zero-order valence-corrected chi connectivity index (χ0v) is 18.4. The van der Waals surface area contributed by atoms with E-state index in [2.05, 4.69) is 29.2 Å². The van der Waals surface area contributed by atoms with E-state index in [0.29, 0.717) is 36.3 Å². The quantitative estimate of drug-likeness (QED) is 0.655. The number of anilines is 1. The summed E-state index contributed by atoms with van der Waals surface area (Å²) in [6.45, 7) is 5.05. The maximum Gasteiger partial charge on any atom is 0.246 e. The highest BCUT2D eigenvalue weighted by Crippen LogP contribution is 2.38. The molecule has 0 aromatic heterocycles. The second-order valence-corrected chi connectivity index (χ2v) is 8.08. The number of hydrogen-bond acceptors (Lipinski definition) is 5. The van der Waals surface area contributed by atoms with Crippen molar-refractivity contribution in [3.63, 3.8) is 0 Å². The molecule has 7 heteroatoms. The molecule has 6 nitrogen and oxygen atoms in total. The molecule has 4 rings (SSSR count). The maximum atomic E-state index is 12.6. The SMILES string of the molecule is CN(Cc1ccc(N2CCOCC2)cc1)C(=O)/C=C/c1cc(Cl)c2c(c1)OCCCO2. The van der Waals surface area contributed by atoms with Gasteiger partial charge < -0.3 is 24.0 Å². The van der Waals surface area contributed by atoms with Crippen LogP contribution < -0.4 is 14.4 Å². The Hall–Kier alpha value is -2.70. The van der Waals surface area contributed by atoms with Gasteiger partial charge >= 0.3 is 0 Å². The number of carbonyl (C=O) groups excluding carboxylic acids is 1. The Morgan fingerprint density at radius 2 is 1.84 bits per heavy atom. The smallest absolute Gasteiger partial charge is 0.246 e. The fourth-order valence-corrected chi connectivity index (χ4v) is 3.90. The van der Waals surface area contributed by atoms with Crippen LogP contribution in [0, 0.1) is 0 Å². The first-order valence-electron chi connectivity index (χ1n) is 10.5. The molecule has 2 aliphatic rings. The van der Waals surface area contributed by atoms with Crippen molar-refractivity contribution >= 4 is 29.3 Å². The van der Waals surface area contributed by atoms with Gasteiger partial charge in [-0.2, -0.15) is 0 Å². The van der Waals surface area contributed by atoms with E-state index in [1.54, 1.807) is 30.2 Å². The van der Waals surface area contributed by atoms with Gasteiger partial charge in [0, 0.05) is 44.9 Å². The predicted molar refractivity (Wildman–Crippen MR) is 122 cm³/mol. The molecule has 0 unspecified atom stereocenters. The van der Waals surface area contributed by atoms with Gasteiger partial charge in [0.1, 0.15) is 0 Å². The first-order chi connectivity index (χ1) is 15.1. The molecule has 0 aliphatic carbocycles. The molecule has 2 aromatic rings. The molecule has 0 spiro atoms.